The molecule has 0 spiro atoms. The minimum atomic E-state index is -4.72. The molecule has 1 aromatic rings. The molecule has 0 atom stereocenters. The van der Waals surface area contributed by atoms with E-state index in [-0.39, 0.29) is 25.2 Å². The van der Waals surface area contributed by atoms with Crippen LogP contribution < -0.4 is 0 Å². The van der Waals surface area contributed by atoms with Gasteiger partial charge in [0, 0.05) is 19.6 Å². The molecule has 0 aromatic heterocycles. The highest BCUT2D eigenvalue weighted by molar-refractivity contribution is 5.29. The van der Waals surface area contributed by atoms with Crippen molar-refractivity contribution >= 4 is 0 Å². The lowest BCUT2D eigenvalue weighted by Gasteiger charge is -2.39. The standard InChI is InChI=1S/C14H15F6NO/c15-13(16,17)11-4-2-1-3-10(11)9-21-7-5-12(22,6-8-21)14(18,19)20/h1-4,22H,5-9H2. The Morgan fingerprint density at radius 3 is 2.05 bits per heavy atom. The summed E-state index contributed by atoms with van der Waals surface area (Å²) < 4.78 is 76.7. The topological polar surface area (TPSA) is 23.5 Å². The second kappa shape index (κ2) is 5.73. The summed E-state index contributed by atoms with van der Waals surface area (Å²) in [5, 5.41) is 9.54. The normalized spacial score (nSPS) is 20.1. The fourth-order valence-electron chi connectivity index (χ4n) is 2.54. The first-order valence-corrected chi connectivity index (χ1v) is 6.69. The average Bonchev–Trinajstić information content (AvgIpc) is 2.40. The lowest BCUT2D eigenvalue weighted by Crippen LogP contribution is -2.53. The summed E-state index contributed by atoms with van der Waals surface area (Å²) >= 11 is 0. The molecular formula is C14H15F6NO. The van der Waals surface area contributed by atoms with Crippen LogP contribution >= 0.6 is 0 Å². The van der Waals surface area contributed by atoms with Gasteiger partial charge >= 0.3 is 12.4 Å². The summed E-state index contributed by atoms with van der Waals surface area (Å²) in [6, 6.07) is 4.99. The van der Waals surface area contributed by atoms with E-state index >= 15 is 0 Å². The van der Waals surface area contributed by atoms with Gasteiger partial charge in [-0.1, -0.05) is 18.2 Å². The van der Waals surface area contributed by atoms with Gasteiger partial charge in [-0.3, -0.25) is 4.90 Å². The Morgan fingerprint density at radius 1 is 1.00 bits per heavy atom. The number of halogens is 6. The van der Waals surface area contributed by atoms with Crippen LogP contribution in [0, 0.1) is 0 Å². The number of hydrogen-bond donors (Lipinski definition) is 1. The second-order valence-corrected chi connectivity index (χ2v) is 5.46. The molecule has 0 saturated carbocycles. The number of aliphatic hydroxyl groups is 1. The monoisotopic (exact) mass is 327 g/mol. The van der Waals surface area contributed by atoms with E-state index in [2.05, 4.69) is 0 Å². The van der Waals surface area contributed by atoms with Gasteiger partial charge in [0.25, 0.3) is 0 Å². The zero-order valence-electron chi connectivity index (χ0n) is 11.5. The lowest BCUT2D eigenvalue weighted by molar-refractivity contribution is -0.272. The van der Waals surface area contributed by atoms with E-state index in [4.69, 9.17) is 0 Å². The Kier molecular flexibility index (Phi) is 4.45. The van der Waals surface area contributed by atoms with Gasteiger partial charge in [-0.2, -0.15) is 26.3 Å². The fraction of sp³-hybridized carbons (Fsp3) is 0.571. The van der Waals surface area contributed by atoms with Gasteiger partial charge in [-0.15, -0.1) is 0 Å². The number of hydrogen-bond acceptors (Lipinski definition) is 2. The molecule has 1 aromatic carbocycles. The molecule has 1 fully saturated rings. The molecular weight excluding hydrogens is 312 g/mol. The first kappa shape index (κ1) is 17.1. The van der Waals surface area contributed by atoms with E-state index in [1.807, 2.05) is 0 Å². The molecule has 0 aliphatic carbocycles. The Hall–Kier alpha value is -1.28. The summed E-state index contributed by atoms with van der Waals surface area (Å²) in [5.41, 5.74) is -3.51. The minimum absolute atomic E-state index is 0.0208. The van der Waals surface area contributed by atoms with Crippen LogP contribution in [0.4, 0.5) is 26.3 Å². The Labute approximate surface area is 123 Å². The number of rotatable bonds is 2. The molecule has 1 N–H and O–H groups in total. The van der Waals surface area contributed by atoms with E-state index in [0.717, 1.165) is 6.07 Å². The lowest BCUT2D eigenvalue weighted by atomic mass is 9.90. The number of benzene rings is 1. The van der Waals surface area contributed by atoms with Gasteiger partial charge in [0.05, 0.1) is 5.56 Å². The van der Waals surface area contributed by atoms with Crippen molar-refractivity contribution < 1.29 is 31.4 Å². The van der Waals surface area contributed by atoms with Crippen LogP contribution in [-0.2, 0) is 12.7 Å². The first-order chi connectivity index (χ1) is 10.0. The van der Waals surface area contributed by atoms with E-state index in [9.17, 15) is 31.4 Å². The molecule has 22 heavy (non-hydrogen) atoms. The molecule has 1 heterocycles. The molecule has 0 unspecified atom stereocenters. The smallest absolute Gasteiger partial charge is 0.380 e. The zero-order chi connectivity index (χ0) is 16.6. The average molecular weight is 327 g/mol. The highest BCUT2D eigenvalue weighted by Crippen LogP contribution is 2.39. The predicted molar refractivity (Wildman–Crippen MR) is 67.0 cm³/mol. The van der Waals surface area contributed by atoms with Crippen LogP contribution in [-0.4, -0.2) is 34.9 Å². The van der Waals surface area contributed by atoms with Crippen LogP contribution in [0.2, 0.25) is 0 Å². The first-order valence-electron chi connectivity index (χ1n) is 6.69. The van der Waals surface area contributed by atoms with Crippen LogP contribution in [0.1, 0.15) is 24.0 Å². The van der Waals surface area contributed by atoms with Crippen molar-refractivity contribution in [1.82, 2.24) is 4.90 Å². The summed E-state index contributed by atoms with van der Waals surface area (Å²) in [7, 11) is 0. The number of piperidine rings is 1. The summed E-state index contributed by atoms with van der Waals surface area (Å²) in [4.78, 5) is 1.49. The third-order valence-electron chi connectivity index (χ3n) is 3.93. The quantitative estimate of drug-likeness (QED) is 0.839. The molecule has 8 heteroatoms. The summed E-state index contributed by atoms with van der Waals surface area (Å²) in [6.07, 6.45) is -10.3. The van der Waals surface area contributed by atoms with Gasteiger partial charge in [0.15, 0.2) is 5.60 Å². The predicted octanol–water partition coefficient (Wildman–Crippen LogP) is 3.59. The Bertz CT molecular complexity index is 517. The minimum Gasteiger partial charge on any atom is -0.380 e. The van der Waals surface area contributed by atoms with Gasteiger partial charge in [-0.25, -0.2) is 0 Å². The summed E-state index contributed by atoms with van der Waals surface area (Å²) in [5.74, 6) is 0. The molecule has 124 valence electrons. The maximum Gasteiger partial charge on any atom is 0.417 e. The van der Waals surface area contributed by atoms with Crippen molar-refractivity contribution in [2.24, 2.45) is 0 Å². The fourth-order valence-corrected chi connectivity index (χ4v) is 2.54. The van der Waals surface area contributed by atoms with Crippen LogP contribution in [0.5, 0.6) is 0 Å². The van der Waals surface area contributed by atoms with Gasteiger partial charge in [0.1, 0.15) is 0 Å². The van der Waals surface area contributed by atoms with Gasteiger partial charge < -0.3 is 5.11 Å². The van der Waals surface area contributed by atoms with Crippen molar-refractivity contribution in [3.05, 3.63) is 35.4 Å². The van der Waals surface area contributed by atoms with Crippen molar-refractivity contribution in [2.75, 3.05) is 13.1 Å². The maximum atomic E-state index is 12.9. The molecule has 2 nitrogen and oxygen atoms in total. The van der Waals surface area contributed by atoms with Crippen LogP contribution in [0.25, 0.3) is 0 Å². The number of nitrogens with zero attached hydrogens (tertiary/aromatic N) is 1. The zero-order valence-corrected chi connectivity index (χ0v) is 11.5. The molecule has 0 bridgehead atoms. The van der Waals surface area contributed by atoms with E-state index < -0.39 is 36.4 Å². The second-order valence-electron chi connectivity index (χ2n) is 5.46. The highest BCUT2D eigenvalue weighted by atomic mass is 19.4. The van der Waals surface area contributed by atoms with E-state index in [1.165, 1.54) is 23.1 Å². The number of alkyl halides is 6. The van der Waals surface area contributed by atoms with Crippen LogP contribution in [0.15, 0.2) is 24.3 Å². The Morgan fingerprint density at radius 2 is 1.55 bits per heavy atom. The number of likely N-dealkylation sites (tertiary alicyclic amines) is 1. The summed E-state index contributed by atoms with van der Waals surface area (Å²) in [6.45, 7) is -0.311. The largest absolute Gasteiger partial charge is 0.417 e. The van der Waals surface area contributed by atoms with Crippen molar-refractivity contribution in [3.8, 4) is 0 Å². The van der Waals surface area contributed by atoms with Gasteiger partial charge in [-0.05, 0) is 24.5 Å². The molecule has 2 rings (SSSR count). The van der Waals surface area contributed by atoms with Crippen molar-refractivity contribution in [1.29, 1.82) is 0 Å². The van der Waals surface area contributed by atoms with Crippen LogP contribution in [0.3, 0.4) is 0 Å². The molecule has 1 saturated heterocycles. The maximum absolute atomic E-state index is 12.9. The molecule has 0 radical (unpaired) electrons. The van der Waals surface area contributed by atoms with Gasteiger partial charge in [0.2, 0.25) is 0 Å². The SMILES string of the molecule is OC1(C(F)(F)F)CCN(Cc2ccccc2C(F)(F)F)CC1. The molecule has 0 amide bonds. The highest BCUT2D eigenvalue weighted by Gasteiger charge is 2.54. The molecule has 1 aliphatic heterocycles. The van der Waals surface area contributed by atoms with E-state index in [0.29, 0.717) is 0 Å². The molecule has 1 aliphatic rings. The third-order valence-corrected chi connectivity index (χ3v) is 3.93. The van der Waals surface area contributed by atoms with E-state index in [1.54, 1.807) is 0 Å². The Balaban J connectivity index is 2.06. The third kappa shape index (κ3) is 3.55. The van der Waals surface area contributed by atoms with Crippen molar-refractivity contribution in [2.45, 2.75) is 37.3 Å². The van der Waals surface area contributed by atoms with Crippen molar-refractivity contribution in [3.63, 3.8) is 0 Å².